The van der Waals surface area contributed by atoms with Crippen LogP contribution in [0.15, 0.2) is 24.3 Å². The number of hydrogen-bond donors (Lipinski definition) is 0. The molecule has 3 nitrogen and oxygen atoms in total. The molecule has 0 bridgehead atoms. The van der Waals surface area contributed by atoms with Crippen LogP contribution in [0, 0.1) is 5.92 Å². The Labute approximate surface area is 90.5 Å². The minimum atomic E-state index is 0.000154. The molecule has 0 heterocycles. The number of rotatable bonds is 3. The number of amides is 1. The van der Waals surface area contributed by atoms with Gasteiger partial charge in [0.1, 0.15) is 5.75 Å². The van der Waals surface area contributed by atoms with Crippen LogP contribution in [0.25, 0.3) is 0 Å². The Balaban J connectivity index is 2.10. The minimum absolute atomic E-state index is 0.000154. The zero-order chi connectivity index (χ0) is 10.8. The summed E-state index contributed by atoms with van der Waals surface area (Å²) >= 11 is 0. The molecule has 1 aliphatic carbocycles. The predicted molar refractivity (Wildman–Crippen MR) is 59.0 cm³/mol. The van der Waals surface area contributed by atoms with Crippen molar-refractivity contribution < 1.29 is 9.53 Å². The maximum atomic E-state index is 11.6. The topological polar surface area (TPSA) is 29.5 Å². The van der Waals surface area contributed by atoms with Crippen molar-refractivity contribution in [3.8, 4) is 5.75 Å². The van der Waals surface area contributed by atoms with Crippen LogP contribution in [0.4, 0.5) is 5.69 Å². The van der Waals surface area contributed by atoms with E-state index >= 15 is 0 Å². The van der Waals surface area contributed by atoms with Gasteiger partial charge in [-0.2, -0.15) is 0 Å². The fraction of sp³-hybridized carbons (Fsp3) is 0.364. The summed E-state index contributed by atoms with van der Waals surface area (Å²) in [6.07, 6.45) is 1.92. The Kier molecular flexibility index (Phi) is 2.67. The van der Waals surface area contributed by atoms with Crippen molar-refractivity contribution in [2.75, 3.05) is 11.9 Å². The Hall–Kier alpha value is -1.45. The number of carbonyl (C=O) groups is 1. The standard InChI is InChI=1S/C11H12BNO2/c1-15-10-6-4-9(5-7-10)13(12)11(14)8-2-3-8/h4-8H,2-3H2,1H3. The number of methoxy groups -OCH3 is 1. The summed E-state index contributed by atoms with van der Waals surface area (Å²) < 4.78 is 5.02. The lowest BCUT2D eigenvalue weighted by Crippen LogP contribution is -2.29. The fourth-order valence-electron chi connectivity index (χ4n) is 1.40. The summed E-state index contributed by atoms with van der Waals surface area (Å²) in [7, 11) is 7.32. The molecule has 1 saturated carbocycles. The number of ether oxygens (including phenoxy) is 1. The summed E-state index contributed by atoms with van der Waals surface area (Å²) in [4.78, 5) is 12.8. The number of nitrogens with zero attached hydrogens (tertiary/aromatic N) is 1. The van der Waals surface area contributed by atoms with Gasteiger partial charge in [0.15, 0.2) is 0 Å². The molecule has 2 radical (unpaired) electrons. The average Bonchev–Trinajstić information content (AvgIpc) is 3.11. The quantitative estimate of drug-likeness (QED) is 0.694. The Bertz CT molecular complexity index is 359. The molecule has 4 heteroatoms. The van der Waals surface area contributed by atoms with Crippen LogP contribution in [0.5, 0.6) is 5.75 Å². The maximum Gasteiger partial charge on any atom is 0.238 e. The van der Waals surface area contributed by atoms with Gasteiger partial charge in [-0.15, -0.1) is 0 Å². The predicted octanol–water partition coefficient (Wildman–Crippen LogP) is 1.52. The van der Waals surface area contributed by atoms with Crippen molar-refractivity contribution in [2.24, 2.45) is 5.92 Å². The van der Waals surface area contributed by atoms with E-state index in [1.807, 2.05) is 0 Å². The van der Waals surface area contributed by atoms with E-state index in [0.717, 1.165) is 18.6 Å². The van der Waals surface area contributed by atoms with E-state index in [9.17, 15) is 4.79 Å². The molecule has 0 atom stereocenters. The second-order valence-corrected chi connectivity index (χ2v) is 3.68. The molecule has 0 aliphatic heterocycles. The van der Waals surface area contributed by atoms with E-state index in [0.29, 0.717) is 5.69 Å². The zero-order valence-corrected chi connectivity index (χ0v) is 8.64. The molecule has 15 heavy (non-hydrogen) atoms. The van der Waals surface area contributed by atoms with E-state index in [-0.39, 0.29) is 11.8 Å². The Morgan fingerprint density at radius 2 is 2.00 bits per heavy atom. The summed E-state index contributed by atoms with van der Waals surface area (Å²) in [5.74, 6) is 0.892. The number of hydrogen-bond acceptors (Lipinski definition) is 2. The van der Waals surface area contributed by atoms with Crippen molar-refractivity contribution in [1.29, 1.82) is 0 Å². The van der Waals surface area contributed by atoms with Gasteiger partial charge < -0.3 is 9.55 Å². The Morgan fingerprint density at radius 3 is 2.47 bits per heavy atom. The van der Waals surface area contributed by atoms with Crippen molar-refractivity contribution in [3.63, 3.8) is 0 Å². The van der Waals surface area contributed by atoms with Gasteiger partial charge in [-0.05, 0) is 37.1 Å². The molecule has 1 aromatic carbocycles. The van der Waals surface area contributed by atoms with Crippen LogP contribution in [0.3, 0.4) is 0 Å². The summed E-state index contributed by atoms with van der Waals surface area (Å²) in [5, 5.41) is 0. The largest absolute Gasteiger partial charge is 0.497 e. The first kappa shape index (κ1) is 10.1. The number of benzene rings is 1. The molecule has 1 amide bonds. The first-order chi connectivity index (χ1) is 7.22. The smallest absolute Gasteiger partial charge is 0.238 e. The molecule has 76 valence electrons. The average molecular weight is 201 g/mol. The molecule has 0 unspecified atom stereocenters. The summed E-state index contributed by atoms with van der Waals surface area (Å²) in [5.41, 5.74) is 0.702. The Morgan fingerprint density at radius 1 is 1.40 bits per heavy atom. The van der Waals surface area contributed by atoms with Crippen LogP contribution < -0.4 is 9.55 Å². The van der Waals surface area contributed by atoms with Gasteiger partial charge in [0.2, 0.25) is 13.9 Å². The first-order valence-electron chi connectivity index (χ1n) is 4.95. The summed E-state index contributed by atoms with van der Waals surface area (Å²) in [6.45, 7) is 0. The highest BCUT2D eigenvalue weighted by molar-refractivity contribution is 6.31. The SMILES string of the molecule is [B]N(C(=O)C1CC1)c1ccc(OC)cc1. The van der Waals surface area contributed by atoms with Gasteiger partial charge >= 0.3 is 0 Å². The molecule has 0 aromatic heterocycles. The lowest BCUT2D eigenvalue weighted by Gasteiger charge is -2.18. The van der Waals surface area contributed by atoms with Gasteiger partial charge in [-0.3, -0.25) is 4.79 Å². The number of carbonyl (C=O) groups excluding carboxylic acids is 1. The maximum absolute atomic E-state index is 11.6. The number of anilines is 1. The van der Waals surface area contributed by atoms with Crippen LogP contribution in [-0.2, 0) is 4.79 Å². The lowest BCUT2D eigenvalue weighted by molar-refractivity contribution is -0.118. The van der Waals surface area contributed by atoms with Crippen LogP contribution in [0.1, 0.15) is 12.8 Å². The normalized spacial score (nSPS) is 14.7. The second-order valence-electron chi connectivity index (χ2n) is 3.68. The highest BCUT2D eigenvalue weighted by atomic mass is 16.5. The van der Waals surface area contributed by atoms with Crippen LogP contribution >= 0.6 is 0 Å². The van der Waals surface area contributed by atoms with E-state index in [1.165, 1.54) is 4.81 Å². The van der Waals surface area contributed by atoms with Crippen molar-refractivity contribution in [1.82, 2.24) is 0 Å². The molecule has 1 aliphatic rings. The molecule has 0 saturated heterocycles. The molecular weight excluding hydrogens is 189 g/mol. The molecule has 1 aromatic rings. The molecule has 0 spiro atoms. The molecule has 0 N–H and O–H groups in total. The van der Waals surface area contributed by atoms with Crippen LogP contribution in [-0.4, -0.2) is 21.0 Å². The van der Waals surface area contributed by atoms with E-state index in [4.69, 9.17) is 12.7 Å². The summed E-state index contributed by atoms with van der Waals surface area (Å²) in [6, 6.07) is 7.13. The zero-order valence-electron chi connectivity index (χ0n) is 8.64. The monoisotopic (exact) mass is 201 g/mol. The minimum Gasteiger partial charge on any atom is -0.497 e. The van der Waals surface area contributed by atoms with Gasteiger partial charge in [0.05, 0.1) is 7.11 Å². The molecular formula is C11H12BNO2. The fourth-order valence-corrected chi connectivity index (χ4v) is 1.40. The molecule has 2 rings (SSSR count). The lowest BCUT2D eigenvalue weighted by atomic mass is 10.1. The molecule has 1 fully saturated rings. The van der Waals surface area contributed by atoms with Crippen molar-refractivity contribution in [2.45, 2.75) is 12.8 Å². The third kappa shape index (κ3) is 2.14. The highest BCUT2D eigenvalue weighted by Crippen LogP contribution is 2.32. The van der Waals surface area contributed by atoms with Gasteiger partial charge in [0, 0.05) is 11.6 Å². The highest BCUT2D eigenvalue weighted by Gasteiger charge is 2.31. The van der Waals surface area contributed by atoms with Crippen LogP contribution in [0.2, 0.25) is 0 Å². The van der Waals surface area contributed by atoms with Gasteiger partial charge in [0.25, 0.3) is 0 Å². The van der Waals surface area contributed by atoms with Gasteiger partial charge in [-0.25, -0.2) is 0 Å². The van der Waals surface area contributed by atoms with E-state index in [2.05, 4.69) is 0 Å². The van der Waals surface area contributed by atoms with Gasteiger partial charge in [-0.1, -0.05) is 0 Å². The third-order valence-corrected chi connectivity index (χ3v) is 2.51. The van der Waals surface area contributed by atoms with E-state index in [1.54, 1.807) is 31.4 Å². The third-order valence-electron chi connectivity index (χ3n) is 2.51. The van der Waals surface area contributed by atoms with E-state index < -0.39 is 0 Å². The second kappa shape index (κ2) is 3.97. The van der Waals surface area contributed by atoms with Crippen molar-refractivity contribution >= 4 is 19.6 Å². The van der Waals surface area contributed by atoms with Crippen molar-refractivity contribution in [3.05, 3.63) is 24.3 Å². The first-order valence-corrected chi connectivity index (χ1v) is 4.95.